The number of hydrogen-bond donors (Lipinski definition) is 1. The minimum atomic E-state index is -0.848. The van der Waals surface area contributed by atoms with Crippen molar-refractivity contribution in [2.24, 2.45) is 0 Å². The Balaban J connectivity index is 1.72. The molecule has 1 fully saturated rings. The van der Waals surface area contributed by atoms with Crippen LogP contribution in [0.5, 0.6) is 0 Å². The molecule has 0 amide bonds. The van der Waals surface area contributed by atoms with Crippen molar-refractivity contribution in [1.29, 1.82) is 0 Å². The lowest BCUT2D eigenvalue weighted by molar-refractivity contribution is -0.138. The molecule has 0 aliphatic heterocycles. The van der Waals surface area contributed by atoms with Crippen LogP contribution >= 0.6 is 11.6 Å². The fourth-order valence-corrected chi connectivity index (χ4v) is 2.26. The second kappa shape index (κ2) is 5.83. The summed E-state index contributed by atoms with van der Waals surface area (Å²) in [4.78, 5) is 17.0. The number of halogens is 1. The summed E-state index contributed by atoms with van der Waals surface area (Å²) in [6, 6.07) is 7.45. The minimum absolute atomic E-state index is 0.0106. The zero-order valence-corrected chi connectivity index (χ0v) is 12.0. The van der Waals surface area contributed by atoms with Gasteiger partial charge in [0, 0.05) is 16.6 Å². The Morgan fingerprint density at radius 1 is 1.38 bits per heavy atom. The molecule has 1 aromatic heterocycles. The predicted molar refractivity (Wildman–Crippen MR) is 75.8 cm³/mol. The highest BCUT2D eigenvalue weighted by molar-refractivity contribution is 6.30. The molecule has 1 aliphatic rings. The highest BCUT2D eigenvalue weighted by Gasteiger charge is 2.31. The first-order chi connectivity index (χ1) is 10.1. The smallest absolute Gasteiger partial charge is 0.317 e. The summed E-state index contributed by atoms with van der Waals surface area (Å²) in [5.41, 5.74) is 0.811. The van der Waals surface area contributed by atoms with Gasteiger partial charge in [-0.2, -0.15) is 4.98 Å². The van der Waals surface area contributed by atoms with Crippen LogP contribution in [0.1, 0.15) is 18.7 Å². The molecule has 0 spiro atoms. The van der Waals surface area contributed by atoms with Crippen LogP contribution in [-0.2, 0) is 11.3 Å². The molecule has 1 heterocycles. The lowest BCUT2D eigenvalue weighted by Crippen LogP contribution is -2.31. The molecule has 3 rings (SSSR count). The minimum Gasteiger partial charge on any atom is -0.480 e. The molecule has 1 saturated carbocycles. The van der Waals surface area contributed by atoms with E-state index in [2.05, 4.69) is 10.1 Å². The number of benzene rings is 1. The molecule has 6 nitrogen and oxygen atoms in total. The van der Waals surface area contributed by atoms with Crippen LogP contribution in [0.3, 0.4) is 0 Å². The number of nitrogens with zero attached hydrogens (tertiary/aromatic N) is 3. The van der Waals surface area contributed by atoms with Crippen LogP contribution in [-0.4, -0.2) is 38.7 Å². The van der Waals surface area contributed by atoms with Crippen LogP contribution in [0.25, 0.3) is 11.4 Å². The van der Waals surface area contributed by atoms with Gasteiger partial charge in [-0.15, -0.1) is 0 Å². The Morgan fingerprint density at radius 3 is 2.71 bits per heavy atom. The average Bonchev–Trinajstić information content (AvgIpc) is 3.19. The number of carboxylic acid groups (broad SMARTS) is 1. The first-order valence-corrected chi connectivity index (χ1v) is 7.04. The van der Waals surface area contributed by atoms with Crippen molar-refractivity contribution in [1.82, 2.24) is 15.0 Å². The first-order valence-electron chi connectivity index (χ1n) is 6.66. The Hall–Kier alpha value is -1.92. The Kier molecular flexibility index (Phi) is 3.90. The fraction of sp³-hybridized carbons (Fsp3) is 0.357. The predicted octanol–water partition coefficient (Wildman–Crippen LogP) is 2.44. The van der Waals surface area contributed by atoms with Crippen molar-refractivity contribution >= 4 is 17.6 Å². The van der Waals surface area contributed by atoms with Gasteiger partial charge in [-0.1, -0.05) is 16.8 Å². The molecule has 0 unspecified atom stereocenters. The van der Waals surface area contributed by atoms with Crippen molar-refractivity contribution in [3.63, 3.8) is 0 Å². The molecule has 2 aromatic rings. The molecule has 0 atom stereocenters. The molecule has 1 aliphatic carbocycles. The number of rotatable bonds is 6. The van der Waals surface area contributed by atoms with E-state index < -0.39 is 5.97 Å². The monoisotopic (exact) mass is 307 g/mol. The van der Waals surface area contributed by atoms with Crippen LogP contribution in [0.4, 0.5) is 0 Å². The molecule has 7 heteroatoms. The van der Waals surface area contributed by atoms with E-state index in [9.17, 15) is 4.79 Å². The number of carbonyl (C=O) groups is 1. The van der Waals surface area contributed by atoms with E-state index in [-0.39, 0.29) is 6.54 Å². The van der Waals surface area contributed by atoms with E-state index in [1.54, 1.807) is 12.1 Å². The maximum Gasteiger partial charge on any atom is 0.317 e. The van der Waals surface area contributed by atoms with Crippen molar-refractivity contribution in [3.8, 4) is 11.4 Å². The third-order valence-corrected chi connectivity index (χ3v) is 3.56. The SMILES string of the molecule is O=C(O)CN(Cc1nc(-c2ccc(Cl)cc2)no1)C1CC1. The maximum absolute atomic E-state index is 10.9. The molecule has 0 bridgehead atoms. The summed E-state index contributed by atoms with van der Waals surface area (Å²) in [5, 5.41) is 13.5. The van der Waals surface area contributed by atoms with Gasteiger partial charge in [-0.3, -0.25) is 9.69 Å². The third-order valence-electron chi connectivity index (χ3n) is 3.31. The fourth-order valence-electron chi connectivity index (χ4n) is 2.14. The van der Waals surface area contributed by atoms with Gasteiger partial charge in [0.15, 0.2) is 0 Å². The van der Waals surface area contributed by atoms with Gasteiger partial charge in [-0.05, 0) is 37.1 Å². The van der Waals surface area contributed by atoms with E-state index in [1.165, 1.54) is 0 Å². The summed E-state index contributed by atoms with van der Waals surface area (Å²) < 4.78 is 5.21. The number of aromatic nitrogens is 2. The third kappa shape index (κ3) is 3.59. The highest BCUT2D eigenvalue weighted by atomic mass is 35.5. The van der Waals surface area contributed by atoms with Gasteiger partial charge >= 0.3 is 5.97 Å². The second-order valence-corrected chi connectivity index (χ2v) is 5.48. The standard InChI is InChI=1S/C14H14ClN3O3/c15-10-3-1-9(2-4-10)14-16-12(21-17-14)7-18(8-13(19)20)11-5-6-11/h1-4,11H,5-8H2,(H,19,20). The molecular formula is C14H14ClN3O3. The van der Waals surface area contributed by atoms with E-state index in [0.29, 0.717) is 29.3 Å². The van der Waals surface area contributed by atoms with Gasteiger partial charge in [0.05, 0.1) is 13.1 Å². The molecule has 110 valence electrons. The van der Waals surface area contributed by atoms with Crippen molar-refractivity contribution in [3.05, 3.63) is 35.2 Å². The van der Waals surface area contributed by atoms with Gasteiger partial charge in [0.25, 0.3) is 0 Å². The van der Waals surface area contributed by atoms with Crippen LogP contribution < -0.4 is 0 Å². The summed E-state index contributed by atoms with van der Waals surface area (Å²) in [7, 11) is 0. The molecule has 21 heavy (non-hydrogen) atoms. The van der Waals surface area contributed by atoms with Gasteiger partial charge in [0.1, 0.15) is 0 Å². The Bertz CT molecular complexity index is 637. The zero-order chi connectivity index (χ0) is 14.8. The largest absolute Gasteiger partial charge is 0.480 e. The van der Waals surface area contributed by atoms with E-state index in [4.69, 9.17) is 21.2 Å². The van der Waals surface area contributed by atoms with Crippen LogP contribution in [0, 0.1) is 0 Å². The van der Waals surface area contributed by atoms with E-state index in [1.807, 2.05) is 17.0 Å². The second-order valence-electron chi connectivity index (χ2n) is 5.05. The van der Waals surface area contributed by atoms with Crippen molar-refractivity contribution < 1.29 is 14.4 Å². The lowest BCUT2D eigenvalue weighted by atomic mass is 10.2. The van der Waals surface area contributed by atoms with Crippen LogP contribution in [0.2, 0.25) is 5.02 Å². The quantitative estimate of drug-likeness (QED) is 0.883. The normalized spacial score (nSPS) is 14.6. The van der Waals surface area contributed by atoms with Gasteiger partial charge in [-0.25, -0.2) is 0 Å². The van der Waals surface area contributed by atoms with Gasteiger partial charge in [0.2, 0.25) is 11.7 Å². The first kappa shape index (κ1) is 14.0. The lowest BCUT2D eigenvalue weighted by Gasteiger charge is -2.16. The Morgan fingerprint density at radius 2 is 2.10 bits per heavy atom. The zero-order valence-electron chi connectivity index (χ0n) is 11.2. The number of carboxylic acids is 1. The molecule has 1 aromatic carbocycles. The van der Waals surface area contributed by atoms with E-state index in [0.717, 1.165) is 18.4 Å². The molecule has 0 saturated heterocycles. The molecule has 1 N–H and O–H groups in total. The van der Waals surface area contributed by atoms with Crippen molar-refractivity contribution in [2.75, 3.05) is 6.54 Å². The summed E-state index contributed by atoms with van der Waals surface area (Å²) >= 11 is 5.84. The van der Waals surface area contributed by atoms with Crippen LogP contribution in [0.15, 0.2) is 28.8 Å². The van der Waals surface area contributed by atoms with E-state index >= 15 is 0 Å². The summed E-state index contributed by atoms with van der Waals surface area (Å²) in [6.07, 6.45) is 2.04. The molecule has 0 radical (unpaired) electrons. The Labute approximate surface area is 126 Å². The average molecular weight is 308 g/mol. The summed E-state index contributed by atoms with van der Waals surface area (Å²) in [6.45, 7) is 0.348. The maximum atomic E-state index is 10.9. The number of aliphatic carboxylic acids is 1. The highest BCUT2D eigenvalue weighted by Crippen LogP contribution is 2.28. The van der Waals surface area contributed by atoms with Gasteiger partial charge < -0.3 is 9.63 Å². The number of hydrogen-bond acceptors (Lipinski definition) is 5. The topological polar surface area (TPSA) is 79.5 Å². The van der Waals surface area contributed by atoms with Crippen molar-refractivity contribution in [2.45, 2.75) is 25.4 Å². The summed E-state index contributed by atoms with van der Waals surface area (Å²) in [5.74, 6) is 0.0557. The molecular weight excluding hydrogens is 294 g/mol.